The van der Waals surface area contributed by atoms with E-state index in [0.717, 1.165) is 16.2 Å². The van der Waals surface area contributed by atoms with Crippen molar-refractivity contribution in [1.29, 1.82) is 0 Å². The summed E-state index contributed by atoms with van der Waals surface area (Å²) in [5, 5.41) is 9.63. The number of nitrogens with two attached hydrogens (primary N) is 1. The first-order chi connectivity index (χ1) is 6.70. The highest BCUT2D eigenvalue weighted by molar-refractivity contribution is 7.12. The topological polar surface area (TPSA) is 76.2 Å². The highest BCUT2D eigenvalue weighted by Gasteiger charge is 2.11. The number of fused-ring (bicyclic) bond motifs is 1. The fraction of sp³-hybridized carbons (Fsp3) is 0.111. The third kappa shape index (κ3) is 1.41. The molecule has 0 aliphatic rings. The van der Waals surface area contributed by atoms with E-state index in [1.54, 1.807) is 18.2 Å². The van der Waals surface area contributed by atoms with Crippen LogP contribution < -0.4 is 11.2 Å². The monoisotopic (exact) mass is 208 g/mol. The second-order valence-electron chi connectivity index (χ2n) is 2.84. The molecule has 2 aromatic rings. The zero-order valence-electron chi connectivity index (χ0n) is 7.18. The molecule has 0 saturated carbocycles. The van der Waals surface area contributed by atoms with Crippen molar-refractivity contribution in [2.24, 2.45) is 5.73 Å². The van der Waals surface area contributed by atoms with Crippen molar-refractivity contribution in [3.05, 3.63) is 40.2 Å². The van der Waals surface area contributed by atoms with Crippen molar-refractivity contribution in [3.63, 3.8) is 0 Å². The number of rotatable bonds is 1. The summed E-state index contributed by atoms with van der Waals surface area (Å²) >= 11 is 1.16. The first kappa shape index (κ1) is 9.26. The predicted molar refractivity (Wildman–Crippen MR) is 55.0 cm³/mol. The fourth-order valence-corrected chi connectivity index (χ4v) is 1.99. The second-order valence-corrected chi connectivity index (χ2v) is 3.64. The quantitative estimate of drug-likeness (QED) is 0.673. The van der Waals surface area contributed by atoms with Gasteiger partial charge in [0.15, 0.2) is 6.23 Å². The van der Waals surface area contributed by atoms with Crippen LogP contribution in [0.2, 0.25) is 0 Å². The Bertz CT molecular complexity index is 521. The van der Waals surface area contributed by atoms with Crippen LogP contribution >= 0.6 is 11.5 Å². The fourth-order valence-electron chi connectivity index (χ4n) is 1.20. The standard InChI is InChI=1S/C9H8N2O2S/c10-9(13)7-8(12)5-3-1-2-4-6(5)14-11-7/h1-4,9,13H,10H2. The summed E-state index contributed by atoms with van der Waals surface area (Å²) in [6.45, 7) is 0. The van der Waals surface area contributed by atoms with Gasteiger partial charge in [-0.15, -0.1) is 0 Å². The number of nitrogens with zero attached hydrogens (tertiary/aromatic N) is 1. The maximum Gasteiger partial charge on any atom is 0.213 e. The maximum atomic E-state index is 11.7. The molecule has 0 amide bonds. The first-order valence-electron chi connectivity index (χ1n) is 4.02. The van der Waals surface area contributed by atoms with E-state index in [9.17, 15) is 4.79 Å². The highest BCUT2D eigenvalue weighted by Crippen LogP contribution is 2.14. The Balaban J connectivity index is 2.82. The summed E-state index contributed by atoms with van der Waals surface area (Å²) in [5.41, 5.74) is 4.92. The molecule has 1 atom stereocenters. The van der Waals surface area contributed by atoms with E-state index >= 15 is 0 Å². The first-order valence-corrected chi connectivity index (χ1v) is 4.80. The Morgan fingerprint density at radius 1 is 1.43 bits per heavy atom. The molecule has 14 heavy (non-hydrogen) atoms. The van der Waals surface area contributed by atoms with Crippen LogP contribution in [0.4, 0.5) is 0 Å². The number of benzene rings is 1. The molecule has 0 aliphatic carbocycles. The summed E-state index contributed by atoms with van der Waals surface area (Å²) in [7, 11) is 0. The minimum absolute atomic E-state index is 0.00806. The van der Waals surface area contributed by atoms with E-state index in [1.165, 1.54) is 0 Å². The van der Waals surface area contributed by atoms with Gasteiger partial charge in [0, 0.05) is 5.39 Å². The van der Waals surface area contributed by atoms with Gasteiger partial charge in [0.1, 0.15) is 5.69 Å². The molecule has 5 heteroatoms. The lowest BCUT2D eigenvalue weighted by Crippen LogP contribution is -2.20. The minimum Gasteiger partial charge on any atom is -0.373 e. The van der Waals surface area contributed by atoms with Crippen molar-refractivity contribution in [3.8, 4) is 0 Å². The van der Waals surface area contributed by atoms with Crippen LogP contribution in [0.5, 0.6) is 0 Å². The largest absolute Gasteiger partial charge is 0.373 e. The van der Waals surface area contributed by atoms with Crippen molar-refractivity contribution in [2.75, 3.05) is 0 Å². The summed E-state index contributed by atoms with van der Waals surface area (Å²) in [4.78, 5) is 11.7. The summed E-state index contributed by atoms with van der Waals surface area (Å²) in [5.74, 6) is 0. The van der Waals surface area contributed by atoms with Gasteiger partial charge in [-0.1, -0.05) is 12.1 Å². The number of hydrogen-bond donors (Lipinski definition) is 2. The van der Waals surface area contributed by atoms with Crippen molar-refractivity contribution in [2.45, 2.75) is 6.23 Å². The van der Waals surface area contributed by atoms with Crippen LogP contribution in [0.25, 0.3) is 10.1 Å². The lowest BCUT2D eigenvalue weighted by atomic mass is 10.2. The lowest BCUT2D eigenvalue weighted by molar-refractivity contribution is 0.181. The van der Waals surface area contributed by atoms with Gasteiger partial charge in [0.2, 0.25) is 5.43 Å². The van der Waals surface area contributed by atoms with Crippen LogP contribution in [-0.2, 0) is 0 Å². The van der Waals surface area contributed by atoms with E-state index < -0.39 is 6.23 Å². The van der Waals surface area contributed by atoms with Crippen LogP contribution in [0, 0.1) is 0 Å². The number of aliphatic hydroxyl groups excluding tert-OH is 1. The molecule has 0 saturated heterocycles. The van der Waals surface area contributed by atoms with Gasteiger partial charge in [-0.3, -0.25) is 4.79 Å². The third-order valence-electron chi connectivity index (χ3n) is 1.89. The molecule has 0 aliphatic heterocycles. The molecular weight excluding hydrogens is 200 g/mol. The maximum absolute atomic E-state index is 11.7. The molecule has 3 N–H and O–H groups in total. The van der Waals surface area contributed by atoms with Gasteiger partial charge < -0.3 is 10.8 Å². The van der Waals surface area contributed by atoms with Crippen LogP contribution in [0.3, 0.4) is 0 Å². The number of hydrogen-bond acceptors (Lipinski definition) is 5. The van der Waals surface area contributed by atoms with Crippen LogP contribution in [-0.4, -0.2) is 9.48 Å². The van der Waals surface area contributed by atoms with E-state index in [-0.39, 0.29) is 11.1 Å². The van der Waals surface area contributed by atoms with Crippen LogP contribution in [0.1, 0.15) is 11.9 Å². The Kier molecular flexibility index (Phi) is 2.28. The van der Waals surface area contributed by atoms with Crippen molar-refractivity contribution < 1.29 is 5.11 Å². The molecule has 4 nitrogen and oxygen atoms in total. The highest BCUT2D eigenvalue weighted by atomic mass is 32.1. The molecule has 1 aromatic carbocycles. The van der Waals surface area contributed by atoms with E-state index in [4.69, 9.17) is 10.8 Å². The van der Waals surface area contributed by atoms with Gasteiger partial charge in [-0.25, -0.2) is 0 Å². The normalized spacial score (nSPS) is 13.0. The summed E-state index contributed by atoms with van der Waals surface area (Å²) in [6.07, 6.45) is -1.30. The number of aromatic nitrogens is 1. The van der Waals surface area contributed by atoms with Crippen molar-refractivity contribution >= 4 is 21.6 Å². The predicted octanol–water partition coefficient (Wildman–Crippen LogP) is 0.606. The zero-order valence-corrected chi connectivity index (χ0v) is 7.99. The smallest absolute Gasteiger partial charge is 0.213 e. The summed E-state index contributed by atoms with van der Waals surface area (Å²) in [6, 6.07) is 7.10. The Morgan fingerprint density at radius 2 is 2.14 bits per heavy atom. The van der Waals surface area contributed by atoms with Gasteiger partial charge in [-0.2, -0.15) is 4.37 Å². The van der Waals surface area contributed by atoms with Gasteiger partial charge in [0.05, 0.1) is 4.70 Å². The lowest BCUT2D eigenvalue weighted by Gasteiger charge is -2.02. The summed E-state index contributed by atoms with van der Waals surface area (Å²) < 4.78 is 4.65. The van der Waals surface area contributed by atoms with Crippen molar-refractivity contribution in [1.82, 2.24) is 4.37 Å². The van der Waals surface area contributed by atoms with E-state index in [2.05, 4.69) is 4.37 Å². The molecule has 0 bridgehead atoms. The molecule has 72 valence electrons. The molecule has 1 aromatic heterocycles. The Morgan fingerprint density at radius 3 is 2.86 bits per heavy atom. The zero-order chi connectivity index (χ0) is 10.1. The SMILES string of the molecule is NC(O)c1nsc2ccccc2c1=O. The van der Waals surface area contributed by atoms with Gasteiger partial charge >= 0.3 is 0 Å². The Hall–Kier alpha value is -1.30. The Labute approximate surface area is 83.8 Å². The van der Waals surface area contributed by atoms with Gasteiger partial charge in [-0.05, 0) is 23.7 Å². The van der Waals surface area contributed by atoms with Crippen LogP contribution in [0.15, 0.2) is 29.1 Å². The average Bonchev–Trinajstić information content (AvgIpc) is 2.18. The molecular formula is C9H8N2O2S. The molecule has 0 spiro atoms. The van der Waals surface area contributed by atoms with Gasteiger partial charge in [0.25, 0.3) is 0 Å². The average molecular weight is 208 g/mol. The second kappa shape index (κ2) is 3.45. The third-order valence-corrected chi connectivity index (χ3v) is 2.73. The molecule has 0 radical (unpaired) electrons. The molecule has 1 heterocycles. The van der Waals surface area contributed by atoms with E-state index in [0.29, 0.717) is 5.39 Å². The number of aliphatic hydroxyl groups is 1. The minimum atomic E-state index is -1.30. The van der Waals surface area contributed by atoms with E-state index in [1.807, 2.05) is 6.07 Å². The molecule has 1 unspecified atom stereocenters. The molecule has 0 fully saturated rings. The molecule has 2 rings (SSSR count).